The second-order valence-electron chi connectivity index (χ2n) is 8.40. The Balaban J connectivity index is 1.45. The predicted octanol–water partition coefficient (Wildman–Crippen LogP) is 4.67. The molecular weight excluding hydrogens is 428 g/mol. The highest BCUT2D eigenvalue weighted by Crippen LogP contribution is 2.26. The number of benzene rings is 3. The van der Waals surface area contributed by atoms with Crippen molar-refractivity contribution < 1.29 is 19.1 Å². The van der Waals surface area contributed by atoms with Gasteiger partial charge in [-0.2, -0.15) is 0 Å². The largest absolute Gasteiger partial charge is 0.493 e. The molecule has 1 aliphatic heterocycles. The molecule has 6 nitrogen and oxygen atoms in total. The number of nitrogens with zero attached hydrogens (tertiary/aromatic N) is 1. The van der Waals surface area contributed by atoms with Gasteiger partial charge in [-0.25, -0.2) is 0 Å². The van der Waals surface area contributed by atoms with E-state index in [0.717, 1.165) is 22.4 Å². The summed E-state index contributed by atoms with van der Waals surface area (Å²) in [7, 11) is 0. The quantitative estimate of drug-likeness (QED) is 0.532. The molecule has 1 heterocycles. The van der Waals surface area contributed by atoms with E-state index in [2.05, 4.69) is 12.1 Å². The summed E-state index contributed by atoms with van der Waals surface area (Å²) in [6.07, 6.45) is 1.21. The number of primary amides is 1. The summed E-state index contributed by atoms with van der Waals surface area (Å²) in [5, 5.41) is 0. The molecule has 6 heteroatoms. The van der Waals surface area contributed by atoms with Crippen LogP contribution in [0.2, 0.25) is 0 Å². The summed E-state index contributed by atoms with van der Waals surface area (Å²) in [5.74, 6) is 0.949. The van der Waals surface area contributed by atoms with E-state index in [1.54, 1.807) is 11.0 Å². The van der Waals surface area contributed by atoms with E-state index in [9.17, 15) is 9.59 Å². The average molecular weight is 459 g/mol. The first-order valence-corrected chi connectivity index (χ1v) is 11.7. The van der Waals surface area contributed by atoms with Crippen LogP contribution in [0.15, 0.2) is 72.8 Å². The van der Waals surface area contributed by atoms with Crippen LogP contribution >= 0.6 is 0 Å². The van der Waals surface area contributed by atoms with Crippen LogP contribution in [-0.2, 0) is 11.4 Å². The van der Waals surface area contributed by atoms with E-state index in [-0.39, 0.29) is 24.3 Å². The molecule has 1 fully saturated rings. The van der Waals surface area contributed by atoms with Gasteiger partial charge in [0.15, 0.2) is 0 Å². The molecule has 1 aliphatic rings. The first-order chi connectivity index (χ1) is 16.5. The zero-order valence-corrected chi connectivity index (χ0v) is 19.4. The fraction of sp³-hybridized carbons (Fsp3) is 0.286. The Morgan fingerprint density at radius 1 is 0.912 bits per heavy atom. The third-order valence-corrected chi connectivity index (χ3v) is 6.15. The van der Waals surface area contributed by atoms with Crippen LogP contribution in [0.25, 0.3) is 11.1 Å². The van der Waals surface area contributed by atoms with Crippen molar-refractivity contribution in [3.63, 3.8) is 0 Å². The zero-order chi connectivity index (χ0) is 23.9. The van der Waals surface area contributed by atoms with Gasteiger partial charge in [-0.05, 0) is 61.2 Å². The monoisotopic (exact) mass is 458 g/mol. The lowest BCUT2D eigenvalue weighted by Crippen LogP contribution is -2.41. The molecule has 176 valence electrons. The summed E-state index contributed by atoms with van der Waals surface area (Å²) in [6.45, 7) is 3.78. The van der Waals surface area contributed by atoms with Gasteiger partial charge >= 0.3 is 0 Å². The standard InChI is InChI=1S/C28H30N2O4/c1-2-33-26-13-10-23(28(32)30-16-14-22(15-17-30)27(29)31)18-24(26)19-34-25-11-8-21(9-12-25)20-6-4-3-5-7-20/h3-13,18,22H,2,14-17,19H2,1H3,(H2,29,31). The van der Waals surface area contributed by atoms with Gasteiger partial charge < -0.3 is 20.1 Å². The van der Waals surface area contributed by atoms with Crippen molar-refractivity contribution >= 4 is 11.8 Å². The number of carbonyl (C=O) groups is 2. The van der Waals surface area contributed by atoms with Crippen molar-refractivity contribution in [2.45, 2.75) is 26.4 Å². The first-order valence-electron chi connectivity index (χ1n) is 11.7. The Morgan fingerprint density at radius 2 is 1.59 bits per heavy atom. The van der Waals surface area contributed by atoms with Gasteiger partial charge in [0.1, 0.15) is 18.1 Å². The molecule has 0 aliphatic carbocycles. The maximum Gasteiger partial charge on any atom is 0.253 e. The first kappa shape index (κ1) is 23.4. The molecule has 2 amide bonds. The molecule has 0 radical (unpaired) electrons. The number of rotatable bonds is 8. The minimum atomic E-state index is -0.288. The van der Waals surface area contributed by atoms with Gasteiger partial charge in [-0.1, -0.05) is 42.5 Å². The van der Waals surface area contributed by atoms with Crippen molar-refractivity contribution in [1.82, 2.24) is 4.90 Å². The zero-order valence-electron chi connectivity index (χ0n) is 19.4. The fourth-order valence-corrected chi connectivity index (χ4v) is 4.21. The molecular formula is C28H30N2O4. The van der Waals surface area contributed by atoms with Crippen LogP contribution in [0, 0.1) is 5.92 Å². The molecule has 2 N–H and O–H groups in total. The van der Waals surface area contributed by atoms with E-state index in [4.69, 9.17) is 15.2 Å². The lowest BCUT2D eigenvalue weighted by atomic mass is 9.95. The number of nitrogens with two attached hydrogens (primary N) is 1. The van der Waals surface area contributed by atoms with E-state index < -0.39 is 0 Å². The molecule has 3 aromatic rings. The number of ether oxygens (including phenoxy) is 2. The van der Waals surface area contributed by atoms with Crippen LogP contribution in [0.3, 0.4) is 0 Å². The van der Waals surface area contributed by atoms with Crippen molar-refractivity contribution in [2.75, 3.05) is 19.7 Å². The van der Waals surface area contributed by atoms with Crippen molar-refractivity contribution in [3.8, 4) is 22.6 Å². The SMILES string of the molecule is CCOc1ccc(C(=O)N2CCC(C(N)=O)CC2)cc1COc1ccc(-c2ccccc2)cc1. The molecule has 3 aromatic carbocycles. The van der Waals surface area contributed by atoms with E-state index in [1.807, 2.05) is 61.5 Å². The molecule has 1 saturated heterocycles. The van der Waals surface area contributed by atoms with E-state index in [1.165, 1.54) is 0 Å². The number of carbonyl (C=O) groups excluding carboxylic acids is 2. The summed E-state index contributed by atoms with van der Waals surface area (Å²) >= 11 is 0. The molecule has 0 bridgehead atoms. The highest BCUT2D eigenvalue weighted by atomic mass is 16.5. The second kappa shape index (κ2) is 10.9. The minimum Gasteiger partial charge on any atom is -0.493 e. The third-order valence-electron chi connectivity index (χ3n) is 6.15. The van der Waals surface area contributed by atoms with Crippen LogP contribution in [0.1, 0.15) is 35.7 Å². The Labute approximate surface area is 200 Å². The van der Waals surface area contributed by atoms with Gasteiger partial charge in [-0.3, -0.25) is 9.59 Å². The molecule has 0 spiro atoms. The maximum atomic E-state index is 13.1. The predicted molar refractivity (Wildman–Crippen MR) is 132 cm³/mol. The highest BCUT2D eigenvalue weighted by Gasteiger charge is 2.26. The number of likely N-dealkylation sites (tertiary alicyclic amines) is 1. The van der Waals surface area contributed by atoms with Crippen LogP contribution in [-0.4, -0.2) is 36.4 Å². The molecule has 0 atom stereocenters. The van der Waals surface area contributed by atoms with Crippen molar-refractivity contribution in [2.24, 2.45) is 11.7 Å². The van der Waals surface area contributed by atoms with Gasteiger partial charge in [-0.15, -0.1) is 0 Å². The fourth-order valence-electron chi connectivity index (χ4n) is 4.21. The average Bonchev–Trinajstić information content (AvgIpc) is 2.88. The summed E-state index contributed by atoms with van der Waals surface area (Å²) in [6, 6.07) is 23.6. The normalized spacial score (nSPS) is 14.0. The van der Waals surface area contributed by atoms with Gasteiger partial charge in [0.2, 0.25) is 5.91 Å². The second-order valence-corrected chi connectivity index (χ2v) is 8.40. The topological polar surface area (TPSA) is 81.9 Å². The number of hydrogen-bond acceptors (Lipinski definition) is 4. The Bertz CT molecular complexity index is 1120. The maximum absolute atomic E-state index is 13.1. The Hall–Kier alpha value is -3.80. The van der Waals surface area contributed by atoms with Crippen LogP contribution < -0.4 is 15.2 Å². The number of hydrogen-bond donors (Lipinski definition) is 1. The van der Waals surface area contributed by atoms with Gasteiger partial charge in [0.25, 0.3) is 5.91 Å². The van der Waals surface area contributed by atoms with Gasteiger partial charge in [0, 0.05) is 30.1 Å². The molecule has 0 unspecified atom stereocenters. The van der Waals surface area contributed by atoms with Crippen molar-refractivity contribution in [1.29, 1.82) is 0 Å². The summed E-state index contributed by atoms with van der Waals surface area (Å²) in [5.41, 5.74) is 9.08. The number of amides is 2. The summed E-state index contributed by atoms with van der Waals surface area (Å²) in [4.78, 5) is 26.3. The Kier molecular flexibility index (Phi) is 7.48. The number of piperidine rings is 1. The third kappa shape index (κ3) is 5.57. The van der Waals surface area contributed by atoms with Crippen LogP contribution in [0.4, 0.5) is 0 Å². The van der Waals surface area contributed by atoms with Crippen molar-refractivity contribution in [3.05, 3.63) is 83.9 Å². The van der Waals surface area contributed by atoms with E-state index in [0.29, 0.717) is 43.9 Å². The van der Waals surface area contributed by atoms with E-state index >= 15 is 0 Å². The lowest BCUT2D eigenvalue weighted by molar-refractivity contribution is -0.123. The molecule has 0 saturated carbocycles. The smallest absolute Gasteiger partial charge is 0.253 e. The highest BCUT2D eigenvalue weighted by molar-refractivity contribution is 5.94. The Morgan fingerprint density at radius 3 is 2.24 bits per heavy atom. The van der Waals surface area contributed by atoms with Gasteiger partial charge in [0.05, 0.1) is 6.61 Å². The lowest BCUT2D eigenvalue weighted by Gasteiger charge is -2.30. The summed E-state index contributed by atoms with van der Waals surface area (Å²) < 4.78 is 11.8. The van der Waals surface area contributed by atoms with Crippen LogP contribution in [0.5, 0.6) is 11.5 Å². The molecule has 34 heavy (non-hydrogen) atoms. The minimum absolute atomic E-state index is 0.0561. The molecule has 0 aromatic heterocycles. The molecule has 4 rings (SSSR count).